The molecule has 0 bridgehead atoms. The number of thiazole rings is 1. The molecule has 0 aromatic carbocycles. The molecule has 1 saturated carbocycles. The molecule has 1 fully saturated rings. The molecule has 0 saturated heterocycles. The maximum absolute atomic E-state index is 11.9. The van der Waals surface area contributed by atoms with Gasteiger partial charge in [0, 0.05) is 17.5 Å². The molecule has 2 rings (SSSR count). The molecule has 22 heavy (non-hydrogen) atoms. The van der Waals surface area contributed by atoms with E-state index in [1.54, 1.807) is 0 Å². The summed E-state index contributed by atoms with van der Waals surface area (Å²) in [6.07, 6.45) is 2.42. The minimum Gasteiger partial charge on any atom is -0.480 e. The van der Waals surface area contributed by atoms with Crippen molar-refractivity contribution in [3.05, 3.63) is 11.1 Å². The third kappa shape index (κ3) is 4.41. The summed E-state index contributed by atoms with van der Waals surface area (Å²) in [7, 11) is 0. The summed E-state index contributed by atoms with van der Waals surface area (Å²) >= 11 is 1.41. The van der Waals surface area contributed by atoms with Gasteiger partial charge in [-0.3, -0.25) is 15.0 Å². The number of aliphatic carboxylic acids is 1. The summed E-state index contributed by atoms with van der Waals surface area (Å²) in [4.78, 5) is 28.9. The Kier molecular flexibility index (Phi) is 5.73. The Morgan fingerprint density at radius 1 is 1.45 bits per heavy atom. The summed E-state index contributed by atoms with van der Waals surface area (Å²) in [6, 6.07) is 0.0816. The van der Waals surface area contributed by atoms with Crippen LogP contribution in [0.4, 0.5) is 9.93 Å². The van der Waals surface area contributed by atoms with Gasteiger partial charge in [0.1, 0.15) is 0 Å². The molecule has 0 aliphatic heterocycles. The fraction of sp³-hybridized carbons (Fsp3) is 0.643. The first-order chi connectivity index (χ1) is 10.5. The molecule has 2 amide bonds. The highest BCUT2D eigenvalue weighted by Gasteiger charge is 2.34. The summed E-state index contributed by atoms with van der Waals surface area (Å²) in [5.74, 6) is -0.813. The van der Waals surface area contributed by atoms with Gasteiger partial charge in [0.15, 0.2) is 5.13 Å². The van der Waals surface area contributed by atoms with Crippen molar-refractivity contribution in [3.8, 4) is 0 Å². The zero-order valence-electron chi connectivity index (χ0n) is 12.8. The maximum Gasteiger partial charge on any atom is 0.321 e. The van der Waals surface area contributed by atoms with Crippen LogP contribution in [-0.2, 0) is 11.2 Å². The molecule has 3 N–H and O–H groups in total. The van der Waals surface area contributed by atoms with Crippen molar-refractivity contribution in [1.82, 2.24) is 15.2 Å². The number of carbonyl (C=O) groups is 2. The van der Waals surface area contributed by atoms with Crippen molar-refractivity contribution in [1.29, 1.82) is 0 Å². The number of hydrogen-bond donors (Lipinski definition) is 3. The average Bonchev–Trinajstić information content (AvgIpc) is 2.87. The third-order valence-electron chi connectivity index (χ3n) is 3.84. The topological polar surface area (TPSA) is 94.6 Å². The summed E-state index contributed by atoms with van der Waals surface area (Å²) in [6.45, 7) is 4.72. The van der Waals surface area contributed by atoms with Crippen LogP contribution in [0, 0.1) is 0 Å². The lowest BCUT2D eigenvalue weighted by Gasteiger charge is -2.42. The van der Waals surface area contributed by atoms with Crippen LogP contribution in [0.15, 0.2) is 5.38 Å². The first-order valence-electron chi connectivity index (χ1n) is 7.49. The third-order valence-corrected chi connectivity index (χ3v) is 4.65. The molecule has 7 nitrogen and oxygen atoms in total. The van der Waals surface area contributed by atoms with Gasteiger partial charge in [-0.1, -0.05) is 13.8 Å². The number of amides is 2. The van der Waals surface area contributed by atoms with E-state index in [4.69, 9.17) is 5.11 Å². The molecule has 1 aromatic rings. The lowest BCUT2D eigenvalue weighted by Crippen LogP contribution is -2.55. The maximum atomic E-state index is 11.9. The number of nitrogens with one attached hydrogen (secondary N) is 2. The van der Waals surface area contributed by atoms with E-state index in [1.165, 1.54) is 11.3 Å². The van der Waals surface area contributed by atoms with E-state index in [-0.39, 0.29) is 24.7 Å². The average molecular weight is 326 g/mol. The molecule has 0 radical (unpaired) electrons. The minimum atomic E-state index is -0.813. The predicted octanol–water partition coefficient (Wildman–Crippen LogP) is 1.76. The first-order valence-corrected chi connectivity index (χ1v) is 8.37. The number of aryl methyl sites for hydroxylation is 1. The van der Waals surface area contributed by atoms with Crippen molar-refractivity contribution in [2.24, 2.45) is 0 Å². The largest absolute Gasteiger partial charge is 0.480 e. The van der Waals surface area contributed by atoms with Gasteiger partial charge in [-0.2, -0.15) is 0 Å². The van der Waals surface area contributed by atoms with Gasteiger partial charge in [0.05, 0.1) is 12.2 Å². The fourth-order valence-electron chi connectivity index (χ4n) is 2.52. The number of hydrogen-bond acceptors (Lipinski definition) is 5. The normalized spacial score (nSPS) is 20.5. The van der Waals surface area contributed by atoms with Crippen molar-refractivity contribution in [3.63, 3.8) is 0 Å². The predicted molar refractivity (Wildman–Crippen MR) is 85.3 cm³/mol. The van der Waals surface area contributed by atoms with Gasteiger partial charge in [-0.05, 0) is 25.8 Å². The van der Waals surface area contributed by atoms with Crippen LogP contribution in [0.3, 0.4) is 0 Å². The lowest BCUT2D eigenvalue weighted by molar-refractivity contribution is -0.139. The highest BCUT2D eigenvalue weighted by atomic mass is 32.1. The molecular weight excluding hydrogens is 304 g/mol. The number of aromatic nitrogens is 1. The van der Waals surface area contributed by atoms with E-state index in [2.05, 4.69) is 15.6 Å². The summed E-state index contributed by atoms with van der Waals surface area (Å²) in [5.41, 5.74) is 0.969. The van der Waals surface area contributed by atoms with Gasteiger partial charge in [-0.25, -0.2) is 9.78 Å². The molecule has 0 unspecified atom stereocenters. The Labute approximate surface area is 133 Å². The van der Waals surface area contributed by atoms with E-state index in [0.717, 1.165) is 25.0 Å². The van der Waals surface area contributed by atoms with Crippen LogP contribution in [0.2, 0.25) is 0 Å². The number of rotatable bonds is 7. The Bertz CT molecular complexity index is 528. The number of nitrogens with zero attached hydrogens (tertiary/aromatic N) is 2. The monoisotopic (exact) mass is 326 g/mol. The molecule has 0 spiro atoms. The van der Waals surface area contributed by atoms with Crippen molar-refractivity contribution in [2.45, 2.75) is 45.2 Å². The van der Waals surface area contributed by atoms with Crippen LogP contribution in [-0.4, -0.2) is 52.2 Å². The molecule has 1 heterocycles. The number of carboxylic acids is 1. The lowest BCUT2D eigenvalue weighted by atomic mass is 9.85. The van der Waals surface area contributed by atoms with Gasteiger partial charge in [0.25, 0.3) is 0 Å². The standard InChI is InChI=1S/C14H22N4O3S/c1-3-9-8-22-14(16-9)17-13(21)15-10-5-11(6-10)18(4-2)7-12(19)20/h8,10-11H,3-7H2,1-2H3,(H,19,20)(H2,15,16,17,21). The molecule has 1 aromatic heterocycles. The molecule has 0 atom stereocenters. The Morgan fingerprint density at radius 2 is 2.18 bits per heavy atom. The zero-order valence-corrected chi connectivity index (χ0v) is 13.7. The van der Waals surface area contributed by atoms with Crippen LogP contribution in [0.1, 0.15) is 32.4 Å². The van der Waals surface area contributed by atoms with Gasteiger partial charge in [0.2, 0.25) is 0 Å². The fourth-order valence-corrected chi connectivity index (χ4v) is 3.31. The quantitative estimate of drug-likeness (QED) is 0.710. The van der Waals surface area contributed by atoms with E-state index in [9.17, 15) is 9.59 Å². The SMILES string of the molecule is CCc1csc(NC(=O)NC2CC(N(CC)CC(=O)O)C2)n1. The second-order valence-corrected chi connectivity index (χ2v) is 6.23. The van der Waals surface area contributed by atoms with E-state index < -0.39 is 5.97 Å². The van der Waals surface area contributed by atoms with Gasteiger partial charge < -0.3 is 10.4 Å². The number of carboxylic acid groups (broad SMARTS) is 1. The molecule has 1 aliphatic rings. The first kappa shape index (κ1) is 16.7. The Balaban J connectivity index is 1.72. The van der Waals surface area contributed by atoms with Gasteiger partial charge >= 0.3 is 12.0 Å². The zero-order chi connectivity index (χ0) is 16.1. The van der Waals surface area contributed by atoms with Crippen molar-refractivity contribution >= 4 is 28.5 Å². The number of anilines is 1. The minimum absolute atomic E-state index is 0.0546. The van der Waals surface area contributed by atoms with E-state index >= 15 is 0 Å². The van der Waals surface area contributed by atoms with Gasteiger partial charge in [-0.15, -0.1) is 11.3 Å². The Morgan fingerprint density at radius 3 is 2.73 bits per heavy atom. The Hall–Kier alpha value is -1.67. The second kappa shape index (κ2) is 7.55. The highest BCUT2D eigenvalue weighted by Crippen LogP contribution is 2.25. The number of likely N-dealkylation sites (N-methyl/N-ethyl adjacent to an activating group) is 1. The van der Waals surface area contributed by atoms with Crippen molar-refractivity contribution in [2.75, 3.05) is 18.4 Å². The molecule has 8 heteroatoms. The summed E-state index contributed by atoms with van der Waals surface area (Å²) in [5, 5.41) is 17.0. The van der Waals surface area contributed by atoms with Crippen molar-refractivity contribution < 1.29 is 14.7 Å². The van der Waals surface area contributed by atoms with Crippen LogP contribution in [0.25, 0.3) is 0 Å². The molecule has 1 aliphatic carbocycles. The smallest absolute Gasteiger partial charge is 0.321 e. The van der Waals surface area contributed by atoms with E-state index in [1.807, 2.05) is 24.1 Å². The number of urea groups is 1. The van der Waals surface area contributed by atoms with Crippen LogP contribution in [0.5, 0.6) is 0 Å². The second-order valence-electron chi connectivity index (χ2n) is 5.37. The molecular formula is C14H22N4O3S. The highest BCUT2D eigenvalue weighted by molar-refractivity contribution is 7.13. The molecule has 122 valence electrons. The van der Waals surface area contributed by atoms with E-state index in [0.29, 0.717) is 11.7 Å². The summed E-state index contributed by atoms with van der Waals surface area (Å²) < 4.78 is 0. The van der Waals surface area contributed by atoms with Crippen LogP contribution >= 0.6 is 11.3 Å². The number of carbonyl (C=O) groups excluding carboxylic acids is 1. The van der Waals surface area contributed by atoms with Crippen LogP contribution < -0.4 is 10.6 Å².